The summed E-state index contributed by atoms with van der Waals surface area (Å²) >= 11 is 1.28. The normalized spacial score (nSPS) is 19.8. The lowest BCUT2D eigenvalue weighted by Gasteiger charge is -2.18. The van der Waals surface area contributed by atoms with E-state index in [-0.39, 0.29) is 5.75 Å². The van der Waals surface area contributed by atoms with Gasteiger partial charge in [-0.15, -0.1) is 11.8 Å². The fourth-order valence-corrected chi connectivity index (χ4v) is 2.27. The highest BCUT2D eigenvalue weighted by atomic mass is 32.2. The highest BCUT2D eigenvalue weighted by Crippen LogP contribution is 2.10. The maximum Gasteiger partial charge on any atom is 0.313 e. The van der Waals surface area contributed by atoms with Crippen LogP contribution in [-0.4, -0.2) is 58.3 Å². The summed E-state index contributed by atoms with van der Waals surface area (Å²) in [5.74, 6) is -0.219. The first-order valence-electron chi connectivity index (χ1n) is 4.88. The van der Waals surface area contributed by atoms with Crippen LogP contribution >= 0.6 is 11.8 Å². The number of thioether (sulfide) groups is 1. The molecule has 0 spiro atoms. The standard InChI is InChI=1S/C9H17NO3S/c11-8(6-14-7-9(12)13)5-10-3-1-2-4-10/h8,11H,1-7H2,(H,12,13). The third-order valence-electron chi connectivity index (χ3n) is 2.20. The van der Waals surface area contributed by atoms with Gasteiger partial charge in [-0.1, -0.05) is 0 Å². The maximum absolute atomic E-state index is 10.2. The average Bonchev–Trinajstić information content (AvgIpc) is 2.56. The number of aliphatic carboxylic acids is 1. The van der Waals surface area contributed by atoms with Gasteiger partial charge >= 0.3 is 5.97 Å². The molecular formula is C9H17NO3S. The van der Waals surface area contributed by atoms with Crippen molar-refractivity contribution in [3.63, 3.8) is 0 Å². The molecule has 0 aromatic rings. The van der Waals surface area contributed by atoms with Crippen LogP contribution in [0.25, 0.3) is 0 Å². The molecule has 1 fully saturated rings. The number of carboxylic acids is 1. The molecular weight excluding hydrogens is 202 g/mol. The second-order valence-corrected chi connectivity index (χ2v) is 4.60. The van der Waals surface area contributed by atoms with Gasteiger partial charge in [0.25, 0.3) is 0 Å². The van der Waals surface area contributed by atoms with Gasteiger partial charge in [0, 0.05) is 12.3 Å². The number of aliphatic hydroxyl groups excluding tert-OH is 1. The summed E-state index contributed by atoms with van der Waals surface area (Å²) in [7, 11) is 0. The number of β-amino-alcohol motifs (C(OH)–C–C–N with tert-alkyl or cyclic N) is 1. The number of hydrogen-bond acceptors (Lipinski definition) is 4. The predicted molar refractivity (Wildman–Crippen MR) is 56.6 cm³/mol. The van der Waals surface area contributed by atoms with Crippen LogP contribution in [0.3, 0.4) is 0 Å². The van der Waals surface area contributed by atoms with E-state index in [1.165, 1.54) is 24.6 Å². The van der Waals surface area contributed by atoms with Crippen molar-refractivity contribution in [2.45, 2.75) is 18.9 Å². The first-order valence-corrected chi connectivity index (χ1v) is 6.04. The van der Waals surface area contributed by atoms with E-state index in [2.05, 4.69) is 4.90 Å². The Kier molecular flexibility index (Phi) is 5.29. The zero-order valence-electron chi connectivity index (χ0n) is 8.19. The van der Waals surface area contributed by atoms with Gasteiger partial charge < -0.3 is 15.1 Å². The Morgan fingerprint density at radius 2 is 2.07 bits per heavy atom. The van der Waals surface area contributed by atoms with Crippen LogP contribution in [-0.2, 0) is 4.79 Å². The molecule has 0 aromatic heterocycles. The summed E-state index contributed by atoms with van der Waals surface area (Å²) in [5, 5.41) is 18.0. The molecule has 0 saturated carbocycles. The van der Waals surface area contributed by atoms with Crippen molar-refractivity contribution in [1.82, 2.24) is 4.90 Å². The fourth-order valence-electron chi connectivity index (χ4n) is 1.60. The van der Waals surface area contributed by atoms with Crippen LogP contribution in [0, 0.1) is 0 Å². The molecule has 0 aromatic carbocycles. The van der Waals surface area contributed by atoms with Crippen molar-refractivity contribution in [1.29, 1.82) is 0 Å². The molecule has 1 aliphatic heterocycles. The maximum atomic E-state index is 10.2. The van der Waals surface area contributed by atoms with E-state index in [9.17, 15) is 9.90 Å². The van der Waals surface area contributed by atoms with Gasteiger partial charge in [0.2, 0.25) is 0 Å². The van der Waals surface area contributed by atoms with Crippen LogP contribution in [0.5, 0.6) is 0 Å². The summed E-state index contributed by atoms with van der Waals surface area (Å²) in [5.41, 5.74) is 0. The predicted octanol–water partition coefficient (Wildman–Crippen LogP) is 0.261. The Morgan fingerprint density at radius 1 is 1.43 bits per heavy atom. The molecule has 2 N–H and O–H groups in total. The van der Waals surface area contributed by atoms with Gasteiger partial charge in [-0.2, -0.15) is 0 Å². The van der Waals surface area contributed by atoms with Crippen molar-refractivity contribution in [3.05, 3.63) is 0 Å². The van der Waals surface area contributed by atoms with Crippen LogP contribution in [0.2, 0.25) is 0 Å². The van der Waals surface area contributed by atoms with Crippen molar-refractivity contribution in [2.75, 3.05) is 31.1 Å². The molecule has 1 unspecified atom stereocenters. The number of carboxylic acid groups (broad SMARTS) is 1. The van der Waals surface area contributed by atoms with Gasteiger partial charge in [0.05, 0.1) is 11.9 Å². The molecule has 1 aliphatic rings. The Morgan fingerprint density at radius 3 is 2.64 bits per heavy atom. The lowest BCUT2D eigenvalue weighted by molar-refractivity contribution is -0.133. The Hall–Kier alpha value is -0.260. The largest absolute Gasteiger partial charge is 0.481 e. The highest BCUT2D eigenvalue weighted by Gasteiger charge is 2.15. The Labute approximate surface area is 88.3 Å². The SMILES string of the molecule is O=C(O)CSCC(O)CN1CCCC1. The lowest BCUT2D eigenvalue weighted by atomic mass is 10.4. The first-order chi connectivity index (χ1) is 6.68. The van der Waals surface area contributed by atoms with Crippen LogP contribution in [0.4, 0.5) is 0 Å². The topological polar surface area (TPSA) is 60.8 Å². The van der Waals surface area contributed by atoms with E-state index in [0.29, 0.717) is 12.3 Å². The summed E-state index contributed by atoms with van der Waals surface area (Å²) in [6.07, 6.45) is 2.04. The fraction of sp³-hybridized carbons (Fsp3) is 0.889. The Balaban J connectivity index is 2.03. The van der Waals surface area contributed by atoms with E-state index in [1.807, 2.05) is 0 Å². The minimum atomic E-state index is -0.816. The van der Waals surface area contributed by atoms with Gasteiger partial charge in [0.1, 0.15) is 0 Å². The molecule has 1 atom stereocenters. The molecule has 4 nitrogen and oxygen atoms in total. The molecule has 0 bridgehead atoms. The minimum Gasteiger partial charge on any atom is -0.481 e. The van der Waals surface area contributed by atoms with Crippen LogP contribution < -0.4 is 0 Å². The van der Waals surface area contributed by atoms with Gasteiger partial charge in [-0.05, 0) is 25.9 Å². The summed E-state index contributed by atoms with van der Waals surface area (Å²) < 4.78 is 0. The lowest BCUT2D eigenvalue weighted by Crippen LogP contribution is -2.31. The van der Waals surface area contributed by atoms with E-state index in [1.54, 1.807) is 0 Å². The van der Waals surface area contributed by atoms with Crippen molar-refractivity contribution < 1.29 is 15.0 Å². The first kappa shape index (κ1) is 11.8. The number of nitrogens with zero attached hydrogens (tertiary/aromatic N) is 1. The molecule has 82 valence electrons. The van der Waals surface area contributed by atoms with E-state index in [4.69, 9.17) is 5.11 Å². The zero-order chi connectivity index (χ0) is 10.4. The number of hydrogen-bond donors (Lipinski definition) is 2. The molecule has 5 heteroatoms. The van der Waals surface area contributed by atoms with Crippen molar-refractivity contribution >= 4 is 17.7 Å². The molecule has 1 saturated heterocycles. The van der Waals surface area contributed by atoms with Crippen molar-refractivity contribution in [3.8, 4) is 0 Å². The van der Waals surface area contributed by atoms with Crippen LogP contribution in [0.1, 0.15) is 12.8 Å². The molecule has 1 heterocycles. The van der Waals surface area contributed by atoms with Gasteiger partial charge in [-0.3, -0.25) is 4.79 Å². The minimum absolute atomic E-state index is 0.0804. The van der Waals surface area contributed by atoms with Crippen molar-refractivity contribution in [2.24, 2.45) is 0 Å². The smallest absolute Gasteiger partial charge is 0.313 e. The molecule has 0 aliphatic carbocycles. The average molecular weight is 219 g/mol. The number of carbonyl (C=O) groups is 1. The molecule has 1 rings (SSSR count). The molecule has 14 heavy (non-hydrogen) atoms. The zero-order valence-corrected chi connectivity index (χ0v) is 9.00. The summed E-state index contributed by atoms with van der Waals surface area (Å²) in [6.45, 7) is 2.83. The number of aliphatic hydroxyl groups is 1. The summed E-state index contributed by atoms with van der Waals surface area (Å²) in [6, 6.07) is 0. The monoisotopic (exact) mass is 219 g/mol. The van der Waals surface area contributed by atoms with E-state index in [0.717, 1.165) is 13.1 Å². The third kappa shape index (κ3) is 4.83. The van der Waals surface area contributed by atoms with Gasteiger partial charge in [-0.25, -0.2) is 0 Å². The number of rotatable bonds is 6. The summed E-state index contributed by atoms with van der Waals surface area (Å²) in [4.78, 5) is 12.4. The van der Waals surface area contributed by atoms with Gasteiger partial charge in [0.15, 0.2) is 0 Å². The quantitative estimate of drug-likeness (QED) is 0.671. The Bertz CT molecular complexity index is 183. The second-order valence-electron chi connectivity index (χ2n) is 3.57. The second kappa shape index (κ2) is 6.27. The van der Waals surface area contributed by atoms with E-state index >= 15 is 0 Å². The highest BCUT2D eigenvalue weighted by molar-refractivity contribution is 7.99. The molecule has 0 radical (unpaired) electrons. The van der Waals surface area contributed by atoms with Crippen LogP contribution in [0.15, 0.2) is 0 Å². The number of likely N-dealkylation sites (tertiary alicyclic amines) is 1. The third-order valence-corrected chi connectivity index (χ3v) is 3.27. The molecule has 0 amide bonds. The van der Waals surface area contributed by atoms with E-state index < -0.39 is 12.1 Å².